The SMILES string of the molecule is CCC(c1ccccc1)N1CCN(C(=NC)NCc2nnc3n2CCC3)CC1. The van der Waals surface area contributed by atoms with Gasteiger partial charge >= 0.3 is 0 Å². The summed E-state index contributed by atoms with van der Waals surface area (Å²) >= 11 is 0. The third-order valence-electron chi connectivity index (χ3n) is 5.93. The van der Waals surface area contributed by atoms with E-state index in [9.17, 15) is 0 Å². The summed E-state index contributed by atoms with van der Waals surface area (Å²) in [4.78, 5) is 9.47. The van der Waals surface area contributed by atoms with Crippen LogP contribution in [-0.4, -0.2) is 63.8 Å². The lowest BCUT2D eigenvalue weighted by atomic mass is 10.0. The molecule has 2 aliphatic heterocycles. The summed E-state index contributed by atoms with van der Waals surface area (Å²) in [6, 6.07) is 11.4. The molecule has 1 aromatic carbocycles. The molecule has 28 heavy (non-hydrogen) atoms. The number of aliphatic imine (C=N–C) groups is 1. The summed E-state index contributed by atoms with van der Waals surface area (Å²) in [5.41, 5.74) is 1.42. The molecule has 0 aliphatic carbocycles. The number of hydrogen-bond donors (Lipinski definition) is 1. The third kappa shape index (κ3) is 3.90. The van der Waals surface area contributed by atoms with E-state index in [1.807, 2.05) is 7.05 Å². The quantitative estimate of drug-likeness (QED) is 0.635. The predicted octanol–water partition coefficient (Wildman–Crippen LogP) is 2.07. The first-order valence-electron chi connectivity index (χ1n) is 10.5. The molecular weight excluding hydrogens is 350 g/mol. The fraction of sp³-hybridized carbons (Fsp3) is 0.571. The van der Waals surface area contributed by atoms with E-state index in [1.54, 1.807) is 0 Å². The number of nitrogens with one attached hydrogen (secondary N) is 1. The van der Waals surface area contributed by atoms with Gasteiger partial charge < -0.3 is 14.8 Å². The van der Waals surface area contributed by atoms with Crippen molar-refractivity contribution >= 4 is 5.96 Å². The van der Waals surface area contributed by atoms with E-state index in [0.717, 1.165) is 63.2 Å². The van der Waals surface area contributed by atoms with Gasteiger partial charge in [0.1, 0.15) is 5.82 Å². The maximum atomic E-state index is 4.51. The lowest BCUT2D eigenvalue weighted by molar-refractivity contribution is 0.127. The third-order valence-corrected chi connectivity index (χ3v) is 5.93. The van der Waals surface area contributed by atoms with Crippen LogP contribution in [0.5, 0.6) is 0 Å². The Balaban J connectivity index is 1.33. The lowest BCUT2D eigenvalue weighted by Crippen LogP contribution is -2.53. The van der Waals surface area contributed by atoms with Crippen LogP contribution in [0.15, 0.2) is 35.3 Å². The molecule has 1 unspecified atom stereocenters. The molecule has 7 heteroatoms. The minimum absolute atomic E-state index is 0.497. The molecule has 0 radical (unpaired) electrons. The molecule has 0 bridgehead atoms. The number of fused-ring (bicyclic) bond motifs is 1. The molecule has 1 N–H and O–H groups in total. The Labute approximate surface area is 167 Å². The Bertz CT molecular complexity index is 790. The van der Waals surface area contributed by atoms with Crippen LogP contribution in [0.4, 0.5) is 0 Å². The molecule has 150 valence electrons. The van der Waals surface area contributed by atoms with E-state index in [1.165, 1.54) is 12.0 Å². The molecular formula is C21H31N7. The number of guanidine groups is 1. The van der Waals surface area contributed by atoms with E-state index in [2.05, 4.69) is 72.1 Å². The molecule has 0 saturated carbocycles. The van der Waals surface area contributed by atoms with Gasteiger partial charge in [-0.3, -0.25) is 9.89 Å². The van der Waals surface area contributed by atoms with Gasteiger partial charge in [0.25, 0.3) is 0 Å². The summed E-state index contributed by atoms with van der Waals surface area (Å²) in [7, 11) is 1.86. The van der Waals surface area contributed by atoms with Crippen molar-refractivity contribution in [2.45, 2.75) is 45.3 Å². The van der Waals surface area contributed by atoms with Gasteiger partial charge in [0, 0.05) is 52.2 Å². The average Bonchev–Trinajstić information content (AvgIpc) is 3.35. The summed E-state index contributed by atoms with van der Waals surface area (Å²) < 4.78 is 2.24. The number of rotatable bonds is 5. The van der Waals surface area contributed by atoms with Crippen LogP contribution in [0.2, 0.25) is 0 Å². The standard InChI is InChI=1S/C21H31N7/c1-3-18(17-8-5-4-6-9-17)26-12-14-27(15-13-26)21(22-2)23-16-20-25-24-19-10-7-11-28(19)20/h4-6,8-9,18H,3,7,10-16H2,1-2H3,(H,22,23). The highest BCUT2D eigenvalue weighted by molar-refractivity contribution is 5.79. The van der Waals surface area contributed by atoms with Crippen LogP contribution in [0.25, 0.3) is 0 Å². The minimum Gasteiger partial charge on any atom is -0.349 e. The van der Waals surface area contributed by atoms with Crippen molar-refractivity contribution in [1.82, 2.24) is 29.9 Å². The Morgan fingerprint density at radius 2 is 1.89 bits per heavy atom. The van der Waals surface area contributed by atoms with Crippen molar-refractivity contribution < 1.29 is 0 Å². The number of aryl methyl sites for hydroxylation is 1. The van der Waals surface area contributed by atoms with Crippen LogP contribution >= 0.6 is 0 Å². The Hall–Kier alpha value is -2.41. The molecule has 1 atom stereocenters. The van der Waals surface area contributed by atoms with Crippen molar-refractivity contribution in [2.75, 3.05) is 33.2 Å². The van der Waals surface area contributed by atoms with Crippen molar-refractivity contribution in [2.24, 2.45) is 4.99 Å². The van der Waals surface area contributed by atoms with E-state index >= 15 is 0 Å². The molecule has 0 amide bonds. The average molecular weight is 382 g/mol. The number of piperazine rings is 1. The van der Waals surface area contributed by atoms with Crippen LogP contribution in [-0.2, 0) is 19.5 Å². The molecule has 3 heterocycles. The van der Waals surface area contributed by atoms with Gasteiger partial charge in [0.05, 0.1) is 6.54 Å². The van der Waals surface area contributed by atoms with Crippen LogP contribution < -0.4 is 5.32 Å². The monoisotopic (exact) mass is 381 g/mol. The zero-order valence-corrected chi connectivity index (χ0v) is 17.0. The van der Waals surface area contributed by atoms with E-state index in [0.29, 0.717) is 12.6 Å². The Kier molecular flexibility index (Phi) is 5.90. The van der Waals surface area contributed by atoms with Crippen molar-refractivity contribution in [3.05, 3.63) is 47.5 Å². The highest BCUT2D eigenvalue weighted by Gasteiger charge is 2.25. The highest BCUT2D eigenvalue weighted by atomic mass is 15.4. The molecule has 2 aromatic rings. The number of benzene rings is 1. The molecule has 4 rings (SSSR count). The minimum atomic E-state index is 0.497. The zero-order valence-electron chi connectivity index (χ0n) is 17.0. The van der Waals surface area contributed by atoms with E-state index < -0.39 is 0 Å². The summed E-state index contributed by atoms with van der Waals surface area (Å²) in [5, 5.41) is 12.1. The molecule has 7 nitrogen and oxygen atoms in total. The first-order valence-corrected chi connectivity index (χ1v) is 10.5. The second-order valence-electron chi connectivity index (χ2n) is 7.55. The second-order valence-corrected chi connectivity index (χ2v) is 7.55. The Morgan fingerprint density at radius 1 is 1.11 bits per heavy atom. The Morgan fingerprint density at radius 3 is 2.61 bits per heavy atom. The fourth-order valence-corrected chi connectivity index (χ4v) is 4.46. The van der Waals surface area contributed by atoms with E-state index in [-0.39, 0.29) is 0 Å². The number of nitrogens with zero attached hydrogens (tertiary/aromatic N) is 6. The first-order chi connectivity index (χ1) is 13.8. The van der Waals surface area contributed by atoms with Crippen LogP contribution in [0, 0.1) is 0 Å². The van der Waals surface area contributed by atoms with Gasteiger partial charge in [-0.2, -0.15) is 0 Å². The summed E-state index contributed by atoms with van der Waals surface area (Å²) in [6.45, 7) is 8.07. The maximum absolute atomic E-state index is 4.51. The molecule has 1 fully saturated rings. The van der Waals surface area contributed by atoms with Crippen LogP contribution in [0.1, 0.15) is 43.0 Å². The van der Waals surface area contributed by atoms with Crippen molar-refractivity contribution in [3.63, 3.8) is 0 Å². The van der Waals surface area contributed by atoms with Gasteiger partial charge in [0.15, 0.2) is 11.8 Å². The van der Waals surface area contributed by atoms with Crippen molar-refractivity contribution in [1.29, 1.82) is 0 Å². The number of aromatic nitrogens is 3. The van der Waals surface area contributed by atoms with Gasteiger partial charge in [-0.05, 0) is 18.4 Å². The second kappa shape index (κ2) is 8.73. The topological polar surface area (TPSA) is 61.6 Å². The fourth-order valence-electron chi connectivity index (χ4n) is 4.46. The zero-order chi connectivity index (χ0) is 19.3. The maximum Gasteiger partial charge on any atom is 0.194 e. The van der Waals surface area contributed by atoms with E-state index in [4.69, 9.17) is 0 Å². The molecule has 2 aliphatic rings. The number of hydrogen-bond acceptors (Lipinski definition) is 4. The predicted molar refractivity (Wildman–Crippen MR) is 111 cm³/mol. The largest absolute Gasteiger partial charge is 0.349 e. The van der Waals surface area contributed by atoms with Gasteiger partial charge in [-0.1, -0.05) is 37.3 Å². The van der Waals surface area contributed by atoms with Gasteiger partial charge in [-0.15, -0.1) is 10.2 Å². The molecule has 0 spiro atoms. The smallest absolute Gasteiger partial charge is 0.194 e. The van der Waals surface area contributed by atoms with Gasteiger partial charge in [-0.25, -0.2) is 0 Å². The normalized spacial score (nSPS) is 18.9. The molecule has 1 saturated heterocycles. The summed E-state index contributed by atoms with van der Waals surface area (Å²) in [6.07, 6.45) is 3.35. The lowest BCUT2D eigenvalue weighted by Gasteiger charge is -2.40. The highest BCUT2D eigenvalue weighted by Crippen LogP contribution is 2.25. The summed E-state index contributed by atoms with van der Waals surface area (Å²) in [5.74, 6) is 3.09. The van der Waals surface area contributed by atoms with Gasteiger partial charge in [0.2, 0.25) is 0 Å². The van der Waals surface area contributed by atoms with Crippen molar-refractivity contribution in [3.8, 4) is 0 Å². The molecule has 1 aromatic heterocycles. The van der Waals surface area contributed by atoms with Crippen LogP contribution in [0.3, 0.4) is 0 Å². The first kappa shape index (κ1) is 18.9.